The number of ether oxygens (including phenoxy) is 1. The number of anilines is 1. The Morgan fingerprint density at radius 1 is 1.61 bits per heavy atom. The minimum atomic E-state index is 0.349. The molecule has 0 amide bonds. The van der Waals surface area contributed by atoms with E-state index in [-0.39, 0.29) is 0 Å². The maximum Gasteiger partial charge on any atom is 0.106 e. The average Bonchev–Trinajstić information content (AvgIpc) is 2.84. The summed E-state index contributed by atoms with van der Waals surface area (Å²) in [7, 11) is 0. The maximum absolute atomic E-state index is 5.76. The van der Waals surface area contributed by atoms with Crippen molar-refractivity contribution in [1.29, 1.82) is 0 Å². The predicted octanol–water partition coefficient (Wildman–Crippen LogP) is 2.92. The second kappa shape index (κ2) is 5.99. The molecule has 0 radical (unpaired) electrons. The molecule has 1 aromatic rings. The first-order chi connectivity index (χ1) is 8.58. The smallest absolute Gasteiger partial charge is 0.106 e. The Bertz CT molecular complexity index is 447. The summed E-state index contributed by atoms with van der Waals surface area (Å²) in [6, 6.07) is 6.29. The quantitative estimate of drug-likeness (QED) is 0.834. The number of benzene rings is 1. The molecule has 1 fully saturated rings. The van der Waals surface area contributed by atoms with Gasteiger partial charge in [0.05, 0.1) is 6.61 Å². The van der Waals surface area contributed by atoms with E-state index < -0.39 is 0 Å². The van der Waals surface area contributed by atoms with Gasteiger partial charge in [-0.25, -0.2) is 0 Å². The summed E-state index contributed by atoms with van der Waals surface area (Å²) < 4.78 is 6.39. The summed E-state index contributed by atoms with van der Waals surface area (Å²) in [5.74, 6) is 0.549. The van der Waals surface area contributed by atoms with Crippen molar-refractivity contribution >= 4 is 38.8 Å². The van der Waals surface area contributed by atoms with E-state index in [9.17, 15) is 0 Å². The molecule has 2 rings (SSSR count). The Kier molecular flexibility index (Phi) is 4.59. The first-order valence-electron chi connectivity index (χ1n) is 6.01. The van der Waals surface area contributed by atoms with Gasteiger partial charge >= 0.3 is 0 Å². The summed E-state index contributed by atoms with van der Waals surface area (Å²) in [6.07, 6.45) is 1.10. The van der Waals surface area contributed by atoms with Gasteiger partial charge in [-0.15, -0.1) is 0 Å². The van der Waals surface area contributed by atoms with Crippen molar-refractivity contribution in [3.63, 3.8) is 0 Å². The van der Waals surface area contributed by atoms with E-state index in [0.717, 1.165) is 35.4 Å². The van der Waals surface area contributed by atoms with Crippen LogP contribution < -0.4 is 11.1 Å². The van der Waals surface area contributed by atoms with Crippen LogP contribution in [0.1, 0.15) is 18.9 Å². The van der Waals surface area contributed by atoms with Crippen LogP contribution in [0.4, 0.5) is 5.69 Å². The fourth-order valence-corrected chi connectivity index (χ4v) is 2.69. The fraction of sp³-hybridized carbons (Fsp3) is 0.462. The molecule has 1 heterocycles. The number of nitrogens with one attached hydrogen (secondary N) is 1. The number of hydrogen-bond donors (Lipinski definition) is 2. The molecule has 1 aliphatic rings. The number of nitrogens with two attached hydrogens (primary N) is 1. The molecule has 0 bridgehead atoms. The Morgan fingerprint density at radius 2 is 2.39 bits per heavy atom. The van der Waals surface area contributed by atoms with E-state index in [0.29, 0.717) is 16.9 Å². The van der Waals surface area contributed by atoms with Crippen molar-refractivity contribution in [2.24, 2.45) is 11.7 Å². The molecule has 1 aromatic carbocycles. The first-order valence-corrected chi connectivity index (χ1v) is 7.21. The topological polar surface area (TPSA) is 47.3 Å². The predicted molar refractivity (Wildman–Crippen MR) is 82.0 cm³/mol. The summed E-state index contributed by atoms with van der Waals surface area (Å²) in [6.45, 7) is 3.86. The number of rotatable bonds is 4. The van der Waals surface area contributed by atoms with Gasteiger partial charge in [0.2, 0.25) is 0 Å². The van der Waals surface area contributed by atoms with Crippen LogP contribution in [0, 0.1) is 5.92 Å². The van der Waals surface area contributed by atoms with Crippen LogP contribution in [0.15, 0.2) is 22.7 Å². The molecule has 1 aliphatic heterocycles. The van der Waals surface area contributed by atoms with Gasteiger partial charge in [-0.3, -0.25) is 0 Å². The zero-order chi connectivity index (χ0) is 13.1. The molecule has 18 heavy (non-hydrogen) atoms. The van der Waals surface area contributed by atoms with Gasteiger partial charge in [0.15, 0.2) is 0 Å². The lowest BCUT2D eigenvalue weighted by molar-refractivity contribution is 0.183. The molecular weight excluding hydrogens is 312 g/mol. The third-order valence-electron chi connectivity index (χ3n) is 3.30. The molecule has 98 valence electrons. The molecule has 1 saturated heterocycles. The lowest BCUT2D eigenvalue weighted by Gasteiger charge is -2.22. The van der Waals surface area contributed by atoms with Gasteiger partial charge in [0.25, 0.3) is 0 Å². The second-order valence-electron chi connectivity index (χ2n) is 4.61. The van der Waals surface area contributed by atoms with Gasteiger partial charge < -0.3 is 15.8 Å². The molecular formula is C13H17BrN2OS. The van der Waals surface area contributed by atoms with Crippen molar-refractivity contribution in [2.75, 3.05) is 18.5 Å². The lowest BCUT2D eigenvalue weighted by Crippen LogP contribution is -2.27. The monoisotopic (exact) mass is 328 g/mol. The summed E-state index contributed by atoms with van der Waals surface area (Å²) in [5, 5.41) is 3.49. The number of halogens is 1. The van der Waals surface area contributed by atoms with Crippen LogP contribution >= 0.6 is 28.1 Å². The van der Waals surface area contributed by atoms with Gasteiger partial charge in [-0.05, 0) is 31.5 Å². The van der Waals surface area contributed by atoms with E-state index in [4.69, 9.17) is 22.7 Å². The zero-order valence-electron chi connectivity index (χ0n) is 10.3. The molecule has 0 spiro atoms. The van der Waals surface area contributed by atoms with Crippen LogP contribution in [0.25, 0.3) is 0 Å². The fourth-order valence-electron chi connectivity index (χ4n) is 2.16. The molecule has 2 atom stereocenters. The van der Waals surface area contributed by atoms with Crippen molar-refractivity contribution in [3.8, 4) is 0 Å². The highest BCUT2D eigenvalue weighted by Gasteiger charge is 2.22. The van der Waals surface area contributed by atoms with Crippen molar-refractivity contribution in [3.05, 3.63) is 28.2 Å². The minimum Gasteiger partial charge on any atom is -0.389 e. The highest BCUT2D eigenvalue weighted by molar-refractivity contribution is 9.10. The molecule has 3 nitrogen and oxygen atoms in total. The van der Waals surface area contributed by atoms with Gasteiger partial charge in [0, 0.05) is 34.3 Å². The van der Waals surface area contributed by atoms with Gasteiger partial charge in [-0.1, -0.05) is 28.1 Å². The summed E-state index contributed by atoms with van der Waals surface area (Å²) in [4.78, 5) is 0.411. The van der Waals surface area contributed by atoms with Crippen molar-refractivity contribution in [2.45, 2.75) is 19.4 Å². The molecule has 3 N–H and O–H groups in total. The standard InChI is InChI=1S/C13H17BrN2OS/c1-8(9-4-5-17-7-9)16-12-3-2-10(14)6-11(12)13(15)18/h2-3,6,8-9,16H,4-5,7H2,1H3,(H2,15,18). The third-order valence-corrected chi connectivity index (χ3v) is 4.02. The second-order valence-corrected chi connectivity index (χ2v) is 5.97. The van der Waals surface area contributed by atoms with E-state index >= 15 is 0 Å². The van der Waals surface area contributed by atoms with Gasteiger partial charge in [0.1, 0.15) is 4.99 Å². The highest BCUT2D eigenvalue weighted by atomic mass is 79.9. The van der Waals surface area contributed by atoms with E-state index in [2.05, 4.69) is 28.2 Å². The Hall–Kier alpha value is -0.650. The van der Waals surface area contributed by atoms with Crippen LogP contribution in [0.5, 0.6) is 0 Å². The molecule has 0 saturated carbocycles. The molecule has 2 unspecified atom stereocenters. The lowest BCUT2D eigenvalue weighted by atomic mass is 10.00. The molecule has 5 heteroatoms. The Morgan fingerprint density at radius 3 is 3.00 bits per heavy atom. The largest absolute Gasteiger partial charge is 0.389 e. The highest BCUT2D eigenvalue weighted by Crippen LogP contribution is 2.25. The minimum absolute atomic E-state index is 0.349. The summed E-state index contributed by atoms with van der Waals surface area (Å²) in [5.41, 5.74) is 7.63. The Labute approximate surface area is 121 Å². The Balaban J connectivity index is 2.15. The van der Waals surface area contributed by atoms with Crippen molar-refractivity contribution in [1.82, 2.24) is 0 Å². The van der Waals surface area contributed by atoms with Crippen LogP contribution in [-0.2, 0) is 4.74 Å². The normalized spacial score (nSPS) is 20.7. The summed E-state index contributed by atoms with van der Waals surface area (Å²) >= 11 is 8.52. The maximum atomic E-state index is 5.76. The van der Waals surface area contributed by atoms with Crippen LogP contribution in [0.3, 0.4) is 0 Å². The van der Waals surface area contributed by atoms with E-state index in [1.807, 2.05) is 18.2 Å². The van der Waals surface area contributed by atoms with E-state index in [1.54, 1.807) is 0 Å². The number of thiocarbonyl (C=S) groups is 1. The van der Waals surface area contributed by atoms with Crippen LogP contribution in [0.2, 0.25) is 0 Å². The SMILES string of the molecule is CC(Nc1ccc(Br)cc1C(N)=S)C1CCOC1. The first kappa shape index (κ1) is 13.8. The third kappa shape index (κ3) is 3.22. The van der Waals surface area contributed by atoms with Crippen molar-refractivity contribution < 1.29 is 4.74 Å². The van der Waals surface area contributed by atoms with E-state index in [1.165, 1.54) is 0 Å². The average molecular weight is 329 g/mol. The van der Waals surface area contributed by atoms with Crippen LogP contribution in [-0.4, -0.2) is 24.2 Å². The molecule has 0 aromatic heterocycles. The molecule has 0 aliphatic carbocycles. The zero-order valence-corrected chi connectivity index (χ0v) is 12.7. The number of hydrogen-bond acceptors (Lipinski definition) is 3. The van der Waals surface area contributed by atoms with Gasteiger partial charge in [-0.2, -0.15) is 0 Å².